The van der Waals surface area contributed by atoms with Gasteiger partial charge in [0.05, 0.1) is 6.10 Å². The van der Waals surface area contributed by atoms with E-state index < -0.39 is 17.7 Å². The number of hydrogen-bond donors (Lipinski definition) is 1. The van der Waals surface area contributed by atoms with Crippen LogP contribution < -0.4 is 0 Å². The number of benzene rings is 1. The molecule has 0 spiro atoms. The number of aliphatic hydroxyl groups is 1. The molecule has 1 atom stereocenters. The number of piperazine rings is 1. The van der Waals surface area contributed by atoms with E-state index in [4.69, 9.17) is 0 Å². The fourth-order valence-corrected chi connectivity index (χ4v) is 3.57. The van der Waals surface area contributed by atoms with Crippen LogP contribution in [-0.4, -0.2) is 47.6 Å². The smallest absolute Gasteiger partial charge is 0.159 e. The zero-order valence-electron chi connectivity index (χ0n) is 12.8. The van der Waals surface area contributed by atoms with E-state index in [1.165, 1.54) is 10.9 Å². The Morgan fingerprint density at radius 1 is 1.04 bits per heavy atom. The standard InChI is InChI=1S/C17H20F2N2OS/c18-15-4-3-13(10-16(15)19)17(22)12-21-7-5-20(6-8-21)11-14-2-1-9-23-14/h1-4,9-10,17,22H,5-8,11-12H2. The summed E-state index contributed by atoms with van der Waals surface area (Å²) in [6.45, 7) is 5.04. The van der Waals surface area contributed by atoms with Gasteiger partial charge in [0.2, 0.25) is 0 Å². The second kappa shape index (κ2) is 7.49. The molecule has 0 radical (unpaired) electrons. The lowest BCUT2D eigenvalue weighted by atomic mass is 10.1. The minimum Gasteiger partial charge on any atom is -0.387 e. The maximum Gasteiger partial charge on any atom is 0.159 e. The highest BCUT2D eigenvalue weighted by Gasteiger charge is 2.20. The third-order valence-corrected chi connectivity index (χ3v) is 5.05. The predicted molar refractivity (Wildman–Crippen MR) is 87.4 cm³/mol. The quantitative estimate of drug-likeness (QED) is 0.908. The summed E-state index contributed by atoms with van der Waals surface area (Å²) in [5, 5.41) is 12.3. The van der Waals surface area contributed by atoms with Crippen LogP contribution in [0, 0.1) is 11.6 Å². The molecule has 0 amide bonds. The van der Waals surface area contributed by atoms with E-state index in [2.05, 4.69) is 27.3 Å². The largest absolute Gasteiger partial charge is 0.387 e. The molecule has 0 saturated carbocycles. The SMILES string of the molecule is OC(CN1CCN(Cc2cccs2)CC1)c1ccc(F)c(F)c1. The molecule has 0 aliphatic carbocycles. The molecule has 1 aliphatic rings. The lowest BCUT2D eigenvalue weighted by molar-refractivity contribution is 0.0702. The Bertz CT molecular complexity index is 628. The van der Waals surface area contributed by atoms with Gasteiger partial charge in [-0.2, -0.15) is 0 Å². The van der Waals surface area contributed by atoms with Crippen molar-refractivity contribution in [2.75, 3.05) is 32.7 Å². The Labute approximate surface area is 138 Å². The first-order chi connectivity index (χ1) is 11.1. The molecule has 1 aromatic heterocycles. The van der Waals surface area contributed by atoms with Crippen LogP contribution in [-0.2, 0) is 6.54 Å². The molecule has 23 heavy (non-hydrogen) atoms. The number of rotatable bonds is 5. The molecule has 3 nitrogen and oxygen atoms in total. The lowest BCUT2D eigenvalue weighted by Gasteiger charge is -2.35. The van der Waals surface area contributed by atoms with Crippen molar-refractivity contribution in [2.45, 2.75) is 12.6 Å². The van der Waals surface area contributed by atoms with Gasteiger partial charge >= 0.3 is 0 Å². The molecule has 0 bridgehead atoms. The van der Waals surface area contributed by atoms with E-state index in [0.717, 1.165) is 44.9 Å². The Morgan fingerprint density at radius 3 is 2.43 bits per heavy atom. The third kappa shape index (κ3) is 4.35. The normalized spacial score (nSPS) is 18.2. The van der Waals surface area contributed by atoms with Crippen molar-refractivity contribution in [1.82, 2.24) is 9.80 Å². The van der Waals surface area contributed by atoms with E-state index in [0.29, 0.717) is 12.1 Å². The summed E-state index contributed by atoms with van der Waals surface area (Å²) in [5.41, 5.74) is 0.421. The van der Waals surface area contributed by atoms with Crippen molar-refractivity contribution < 1.29 is 13.9 Å². The molecule has 124 valence electrons. The molecular weight excluding hydrogens is 318 g/mol. The number of β-amino-alcohol motifs (C(OH)–C–C–N with tert-alkyl or cyclic N) is 1. The second-order valence-electron chi connectivity index (χ2n) is 5.85. The number of nitrogens with zero attached hydrogens (tertiary/aromatic N) is 2. The highest BCUT2D eigenvalue weighted by molar-refractivity contribution is 7.09. The molecule has 6 heteroatoms. The fourth-order valence-electron chi connectivity index (χ4n) is 2.82. The summed E-state index contributed by atoms with van der Waals surface area (Å²) in [4.78, 5) is 5.92. The lowest BCUT2D eigenvalue weighted by Crippen LogP contribution is -2.46. The molecule has 3 rings (SSSR count). The van der Waals surface area contributed by atoms with Gasteiger partial charge in [0.15, 0.2) is 11.6 Å². The summed E-state index contributed by atoms with van der Waals surface area (Å²) in [7, 11) is 0. The van der Waals surface area contributed by atoms with Gasteiger partial charge in [0.1, 0.15) is 0 Å². The molecular formula is C17H20F2N2OS. The maximum atomic E-state index is 13.2. The summed E-state index contributed by atoms with van der Waals surface area (Å²) in [6.07, 6.45) is -0.797. The topological polar surface area (TPSA) is 26.7 Å². The molecule has 2 heterocycles. The Morgan fingerprint density at radius 2 is 1.78 bits per heavy atom. The highest BCUT2D eigenvalue weighted by atomic mass is 32.1. The molecule has 2 aromatic rings. The van der Waals surface area contributed by atoms with Crippen LogP contribution in [0.25, 0.3) is 0 Å². The van der Waals surface area contributed by atoms with Crippen molar-refractivity contribution in [3.63, 3.8) is 0 Å². The molecule has 1 aliphatic heterocycles. The fraction of sp³-hybridized carbons (Fsp3) is 0.412. The maximum absolute atomic E-state index is 13.2. The second-order valence-corrected chi connectivity index (χ2v) is 6.88. The molecule has 1 saturated heterocycles. The van der Waals surface area contributed by atoms with Crippen LogP contribution in [0.3, 0.4) is 0 Å². The van der Waals surface area contributed by atoms with Gasteiger partial charge in [-0.25, -0.2) is 8.78 Å². The van der Waals surface area contributed by atoms with E-state index in [9.17, 15) is 13.9 Å². The molecule has 1 aromatic carbocycles. The minimum atomic E-state index is -0.915. The number of aliphatic hydroxyl groups excluding tert-OH is 1. The zero-order chi connectivity index (χ0) is 16.2. The van der Waals surface area contributed by atoms with Gasteiger partial charge in [0, 0.05) is 44.1 Å². The van der Waals surface area contributed by atoms with Crippen LogP contribution in [0.4, 0.5) is 8.78 Å². The van der Waals surface area contributed by atoms with E-state index >= 15 is 0 Å². The average molecular weight is 338 g/mol. The zero-order valence-corrected chi connectivity index (χ0v) is 13.6. The van der Waals surface area contributed by atoms with Gasteiger partial charge in [-0.3, -0.25) is 9.80 Å². The summed E-state index contributed by atoms with van der Waals surface area (Å²) in [6, 6.07) is 7.79. The first kappa shape index (κ1) is 16.5. The summed E-state index contributed by atoms with van der Waals surface area (Å²) < 4.78 is 26.2. The number of hydrogen-bond acceptors (Lipinski definition) is 4. The van der Waals surface area contributed by atoms with Crippen LogP contribution in [0.2, 0.25) is 0 Å². The van der Waals surface area contributed by atoms with Gasteiger partial charge in [-0.15, -0.1) is 11.3 Å². The Balaban J connectivity index is 1.49. The van der Waals surface area contributed by atoms with Gasteiger partial charge < -0.3 is 5.11 Å². The van der Waals surface area contributed by atoms with Gasteiger partial charge in [0.25, 0.3) is 0 Å². The minimum absolute atomic E-state index is 0.421. The van der Waals surface area contributed by atoms with Crippen LogP contribution >= 0.6 is 11.3 Å². The Kier molecular flexibility index (Phi) is 5.38. The van der Waals surface area contributed by atoms with Crippen molar-refractivity contribution in [3.8, 4) is 0 Å². The van der Waals surface area contributed by atoms with Crippen LogP contribution in [0.15, 0.2) is 35.7 Å². The number of halogens is 2. The number of thiophene rings is 1. The molecule has 1 N–H and O–H groups in total. The van der Waals surface area contributed by atoms with Crippen molar-refractivity contribution in [2.24, 2.45) is 0 Å². The van der Waals surface area contributed by atoms with Crippen molar-refractivity contribution in [3.05, 3.63) is 57.8 Å². The van der Waals surface area contributed by atoms with E-state index in [1.807, 2.05) is 0 Å². The van der Waals surface area contributed by atoms with Gasteiger partial charge in [-0.05, 0) is 29.1 Å². The van der Waals surface area contributed by atoms with E-state index in [-0.39, 0.29) is 0 Å². The summed E-state index contributed by atoms with van der Waals surface area (Å²) in [5.74, 6) is -1.80. The first-order valence-corrected chi connectivity index (χ1v) is 8.60. The summed E-state index contributed by atoms with van der Waals surface area (Å²) >= 11 is 1.77. The van der Waals surface area contributed by atoms with Crippen molar-refractivity contribution in [1.29, 1.82) is 0 Å². The average Bonchev–Trinajstić information content (AvgIpc) is 3.05. The van der Waals surface area contributed by atoms with Crippen LogP contribution in [0.5, 0.6) is 0 Å². The molecule has 1 unspecified atom stereocenters. The van der Waals surface area contributed by atoms with Crippen LogP contribution in [0.1, 0.15) is 16.5 Å². The van der Waals surface area contributed by atoms with E-state index in [1.54, 1.807) is 11.3 Å². The van der Waals surface area contributed by atoms with Gasteiger partial charge in [-0.1, -0.05) is 12.1 Å². The molecule has 1 fully saturated rings. The Hall–Kier alpha value is -1.34. The first-order valence-electron chi connectivity index (χ1n) is 7.72. The predicted octanol–water partition coefficient (Wildman–Crippen LogP) is 2.88. The monoisotopic (exact) mass is 338 g/mol. The van der Waals surface area contributed by atoms with Crippen molar-refractivity contribution >= 4 is 11.3 Å². The third-order valence-electron chi connectivity index (χ3n) is 4.18. The highest BCUT2D eigenvalue weighted by Crippen LogP contribution is 2.19.